The van der Waals surface area contributed by atoms with E-state index in [4.69, 9.17) is 4.74 Å². The molecule has 2 aromatic carbocycles. The van der Waals surface area contributed by atoms with Crippen molar-refractivity contribution < 1.29 is 9.53 Å². The van der Waals surface area contributed by atoms with Crippen LogP contribution in [0.5, 0.6) is 0 Å². The molecule has 0 aliphatic heterocycles. The summed E-state index contributed by atoms with van der Waals surface area (Å²) >= 11 is 1.64. The van der Waals surface area contributed by atoms with Crippen LogP contribution in [0, 0.1) is 6.92 Å². The first-order valence-corrected chi connectivity index (χ1v) is 10.2. The molecule has 0 aliphatic carbocycles. The molecule has 0 bridgehead atoms. The zero-order valence-corrected chi connectivity index (χ0v) is 17.4. The van der Waals surface area contributed by atoms with Crippen molar-refractivity contribution in [3.63, 3.8) is 0 Å². The lowest BCUT2D eigenvalue weighted by molar-refractivity contribution is 0.101. The Bertz CT molecular complexity index is 1260. The number of methoxy groups -OCH3 is 1. The molecule has 1 amide bonds. The number of hydrogen-bond donors (Lipinski definition) is 1. The molecule has 0 radical (unpaired) electrons. The highest BCUT2D eigenvalue weighted by Gasteiger charge is 2.11. The van der Waals surface area contributed by atoms with E-state index in [1.807, 2.05) is 30.3 Å². The van der Waals surface area contributed by atoms with Crippen LogP contribution < -0.4 is 10.9 Å². The van der Waals surface area contributed by atoms with Crippen LogP contribution in [-0.4, -0.2) is 34.4 Å². The maximum Gasteiger partial charge on any atom is 0.276 e. The Morgan fingerprint density at radius 2 is 1.93 bits per heavy atom. The number of ether oxygens (including phenoxy) is 1. The Labute approximate surface area is 177 Å². The molecule has 1 N–H and O–H groups in total. The quantitative estimate of drug-likeness (QED) is 0.514. The Balaban J connectivity index is 1.50. The Morgan fingerprint density at radius 1 is 1.13 bits per heavy atom. The molecule has 2 aromatic heterocycles. The minimum Gasteiger partial charge on any atom is -0.383 e. The van der Waals surface area contributed by atoms with Gasteiger partial charge in [0.15, 0.2) is 0 Å². The van der Waals surface area contributed by atoms with Crippen molar-refractivity contribution in [3.8, 4) is 10.6 Å². The van der Waals surface area contributed by atoms with E-state index in [1.54, 1.807) is 18.4 Å². The summed E-state index contributed by atoms with van der Waals surface area (Å²) in [5.74, 6) is -0.385. The number of anilines is 1. The highest BCUT2D eigenvalue weighted by Crippen LogP contribution is 2.31. The average molecular weight is 420 g/mol. The molecule has 8 heteroatoms. The molecule has 152 valence electrons. The number of carbonyl (C=O) groups is 1. The van der Waals surface area contributed by atoms with Crippen LogP contribution in [0.4, 0.5) is 5.69 Å². The van der Waals surface area contributed by atoms with Crippen LogP contribution in [0.25, 0.3) is 20.8 Å². The summed E-state index contributed by atoms with van der Waals surface area (Å²) in [5, 5.41) is 7.85. The molecule has 0 saturated heterocycles. The van der Waals surface area contributed by atoms with E-state index in [-0.39, 0.29) is 23.7 Å². The number of hydrogen-bond acceptors (Lipinski definition) is 6. The summed E-state index contributed by atoms with van der Waals surface area (Å²) in [5.41, 5.74) is 3.69. The fraction of sp³-hybridized carbons (Fsp3) is 0.182. The molecule has 4 aromatic rings. The average Bonchev–Trinajstić information content (AvgIpc) is 3.16. The summed E-state index contributed by atoms with van der Waals surface area (Å²) < 4.78 is 7.33. The van der Waals surface area contributed by atoms with Crippen LogP contribution in [0.2, 0.25) is 0 Å². The Kier molecular flexibility index (Phi) is 5.69. The monoisotopic (exact) mass is 420 g/mol. The smallest absolute Gasteiger partial charge is 0.276 e. The Hall–Kier alpha value is -3.36. The van der Waals surface area contributed by atoms with Gasteiger partial charge in [-0.25, -0.2) is 9.67 Å². The predicted octanol–water partition coefficient (Wildman–Crippen LogP) is 3.73. The number of nitrogens with one attached hydrogen (secondary N) is 1. The highest BCUT2D eigenvalue weighted by atomic mass is 32.1. The molecule has 30 heavy (non-hydrogen) atoms. The van der Waals surface area contributed by atoms with Gasteiger partial charge in [0.1, 0.15) is 10.7 Å². The van der Waals surface area contributed by atoms with Crippen molar-refractivity contribution in [2.45, 2.75) is 13.5 Å². The van der Waals surface area contributed by atoms with E-state index >= 15 is 0 Å². The normalized spacial score (nSPS) is 11.0. The molecule has 4 rings (SSSR count). The number of carbonyl (C=O) groups excluding carboxylic acids is 1. The second kappa shape index (κ2) is 8.56. The fourth-order valence-corrected chi connectivity index (χ4v) is 4.02. The van der Waals surface area contributed by atoms with Gasteiger partial charge in [0.25, 0.3) is 11.5 Å². The molecule has 0 aliphatic rings. The molecule has 7 nitrogen and oxygen atoms in total. The van der Waals surface area contributed by atoms with Gasteiger partial charge in [-0.1, -0.05) is 6.07 Å². The van der Waals surface area contributed by atoms with Gasteiger partial charge in [-0.3, -0.25) is 9.59 Å². The van der Waals surface area contributed by atoms with Gasteiger partial charge in [0, 0.05) is 24.4 Å². The van der Waals surface area contributed by atoms with E-state index in [0.717, 1.165) is 20.8 Å². The number of rotatable bonds is 6. The van der Waals surface area contributed by atoms with E-state index in [9.17, 15) is 9.59 Å². The number of thiazole rings is 1. The third-order valence-corrected chi connectivity index (χ3v) is 5.61. The number of fused-ring (bicyclic) bond motifs is 1. The van der Waals surface area contributed by atoms with Crippen molar-refractivity contribution in [1.82, 2.24) is 14.8 Å². The summed E-state index contributed by atoms with van der Waals surface area (Å²) in [6, 6.07) is 16.4. The SMILES string of the molecule is COCCn1nc(C(=O)Nc2ccc(-c3nc4ccc(C)cc4s3)cc2)ccc1=O. The first kappa shape index (κ1) is 19.9. The third kappa shape index (κ3) is 4.29. The minimum absolute atomic E-state index is 0.163. The second-order valence-corrected chi connectivity index (χ2v) is 7.83. The lowest BCUT2D eigenvalue weighted by Crippen LogP contribution is -2.27. The van der Waals surface area contributed by atoms with Gasteiger partial charge in [0.05, 0.1) is 23.4 Å². The maximum absolute atomic E-state index is 12.5. The fourth-order valence-electron chi connectivity index (χ4n) is 2.95. The molecule has 0 fully saturated rings. The third-order valence-electron chi connectivity index (χ3n) is 4.54. The van der Waals surface area contributed by atoms with Gasteiger partial charge in [-0.05, 0) is 55.0 Å². The van der Waals surface area contributed by atoms with Crippen LogP contribution >= 0.6 is 11.3 Å². The van der Waals surface area contributed by atoms with Crippen molar-refractivity contribution in [3.05, 3.63) is 76.2 Å². The molecule has 0 spiro atoms. The molecule has 0 saturated carbocycles. The van der Waals surface area contributed by atoms with Crippen molar-refractivity contribution in [2.24, 2.45) is 0 Å². The zero-order chi connectivity index (χ0) is 21.1. The molecule has 2 heterocycles. The van der Waals surface area contributed by atoms with Crippen molar-refractivity contribution in [1.29, 1.82) is 0 Å². The summed E-state index contributed by atoms with van der Waals surface area (Å²) in [6.45, 7) is 2.69. The summed E-state index contributed by atoms with van der Waals surface area (Å²) in [7, 11) is 1.54. The first-order valence-electron chi connectivity index (χ1n) is 9.39. The molecular formula is C22H20N4O3S. The van der Waals surface area contributed by atoms with Gasteiger partial charge in [-0.15, -0.1) is 11.3 Å². The van der Waals surface area contributed by atoms with E-state index in [2.05, 4.69) is 34.5 Å². The number of aryl methyl sites for hydroxylation is 1. The molecule has 0 unspecified atom stereocenters. The van der Waals surface area contributed by atoms with E-state index in [1.165, 1.54) is 22.4 Å². The van der Waals surface area contributed by atoms with Gasteiger partial charge in [-0.2, -0.15) is 5.10 Å². The second-order valence-electron chi connectivity index (χ2n) is 6.79. The first-order chi connectivity index (χ1) is 14.5. The summed E-state index contributed by atoms with van der Waals surface area (Å²) in [4.78, 5) is 29.0. The van der Waals surface area contributed by atoms with E-state index < -0.39 is 0 Å². The van der Waals surface area contributed by atoms with E-state index in [0.29, 0.717) is 12.3 Å². The molecule has 0 atom stereocenters. The number of benzene rings is 2. The largest absolute Gasteiger partial charge is 0.383 e. The number of amides is 1. The number of aromatic nitrogens is 3. The van der Waals surface area contributed by atoms with Crippen LogP contribution in [0.15, 0.2) is 59.4 Å². The van der Waals surface area contributed by atoms with Gasteiger partial charge < -0.3 is 10.1 Å². The maximum atomic E-state index is 12.5. The standard InChI is InChI=1S/C22H20N4O3S/c1-14-3-8-17-19(13-14)30-22(24-17)15-4-6-16(7-5-15)23-21(28)18-9-10-20(27)26(25-18)11-12-29-2/h3-10,13H,11-12H2,1-2H3,(H,23,28). The van der Waals surface area contributed by atoms with Gasteiger partial charge in [0.2, 0.25) is 0 Å². The van der Waals surface area contributed by atoms with Crippen LogP contribution in [-0.2, 0) is 11.3 Å². The lowest BCUT2D eigenvalue weighted by atomic mass is 10.2. The minimum atomic E-state index is -0.385. The van der Waals surface area contributed by atoms with Crippen LogP contribution in [0.1, 0.15) is 16.1 Å². The van der Waals surface area contributed by atoms with Gasteiger partial charge >= 0.3 is 0 Å². The molecular weight excluding hydrogens is 400 g/mol. The van der Waals surface area contributed by atoms with Crippen LogP contribution in [0.3, 0.4) is 0 Å². The highest BCUT2D eigenvalue weighted by molar-refractivity contribution is 7.21. The Morgan fingerprint density at radius 3 is 2.70 bits per heavy atom. The van der Waals surface area contributed by atoms with Crippen molar-refractivity contribution >= 4 is 33.1 Å². The topological polar surface area (TPSA) is 86.1 Å². The number of nitrogens with zero attached hydrogens (tertiary/aromatic N) is 3. The predicted molar refractivity (Wildman–Crippen MR) is 118 cm³/mol. The van der Waals surface area contributed by atoms with Crippen molar-refractivity contribution in [2.75, 3.05) is 19.0 Å². The summed E-state index contributed by atoms with van der Waals surface area (Å²) in [6.07, 6.45) is 0. The lowest BCUT2D eigenvalue weighted by Gasteiger charge is -2.08. The zero-order valence-electron chi connectivity index (χ0n) is 16.6.